The zero-order valence-electron chi connectivity index (χ0n) is 10.5. The van der Waals surface area contributed by atoms with E-state index in [1.54, 1.807) is 24.3 Å². The lowest BCUT2D eigenvalue weighted by Gasteiger charge is -2.07. The summed E-state index contributed by atoms with van der Waals surface area (Å²) in [5.74, 6) is -0.513. The van der Waals surface area contributed by atoms with E-state index in [0.29, 0.717) is 27.4 Å². The minimum Gasteiger partial charge on any atom is -0.457 e. The van der Waals surface area contributed by atoms with E-state index >= 15 is 0 Å². The molecule has 0 amide bonds. The van der Waals surface area contributed by atoms with Crippen molar-refractivity contribution in [2.45, 2.75) is 6.61 Å². The lowest BCUT2D eigenvalue weighted by molar-refractivity contribution is 0.0472. The Kier molecular flexibility index (Phi) is 4.24. The average Bonchev–Trinajstić information content (AvgIpc) is 2.47. The van der Waals surface area contributed by atoms with Gasteiger partial charge in [0.05, 0.1) is 27.9 Å². The molecule has 5 heteroatoms. The average molecular weight is 287 g/mol. The molecule has 0 aromatic heterocycles. The number of esters is 1. The number of ether oxygens (including phenoxy) is 1. The highest BCUT2D eigenvalue weighted by molar-refractivity contribution is 6.33. The van der Waals surface area contributed by atoms with Crippen molar-refractivity contribution in [3.8, 4) is 6.07 Å². The molecule has 0 saturated heterocycles. The lowest BCUT2D eigenvalue weighted by Crippen LogP contribution is -2.06. The Labute approximate surface area is 121 Å². The minimum atomic E-state index is -0.513. The molecule has 2 rings (SSSR count). The number of benzene rings is 2. The number of hydrogen-bond donors (Lipinski definition) is 1. The van der Waals surface area contributed by atoms with Crippen LogP contribution in [0.1, 0.15) is 21.5 Å². The summed E-state index contributed by atoms with van der Waals surface area (Å²) in [5, 5.41) is 9.33. The van der Waals surface area contributed by atoms with E-state index in [2.05, 4.69) is 0 Å². The highest BCUT2D eigenvalue weighted by Gasteiger charge is 2.10. The molecule has 100 valence electrons. The van der Waals surface area contributed by atoms with Gasteiger partial charge in [0.25, 0.3) is 0 Å². The summed E-state index contributed by atoms with van der Waals surface area (Å²) in [6.07, 6.45) is 0. The highest BCUT2D eigenvalue weighted by Crippen LogP contribution is 2.20. The Morgan fingerprint density at radius 3 is 2.75 bits per heavy atom. The van der Waals surface area contributed by atoms with Crippen molar-refractivity contribution in [1.82, 2.24) is 0 Å². The second kappa shape index (κ2) is 6.09. The van der Waals surface area contributed by atoms with E-state index in [-0.39, 0.29) is 6.61 Å². The highest BCUT2D eigenvalue weighted by atomic mass is 35.5. The molecule has 0 spiro atoms. The number of nitriles is 1. The number of nitrogens with two attached hydrogens (primary N) is 1. The van der Waals surface area contributed by atoms with Crippen molar-refractivity contribution in [1.29, 1.82) is 5.26 Å². The van der Waals surface area contributed by atoms with Gasteiger partial charge in [-0.1, -0.05) is 29.8 Å². The molecule has 0 bridgehead atoms. The van der Waals surface area contributed by atoms with Gasteiger partial charge in [-0.25, -0.2) is 4.79 Å². The first-order valence-corrected chi connectivity index (χ1v) is 6.20. The molecular formula is C15H11ClN2O2. The van der Waals surface area contributed by atoms with Crippen LogP contribution >= 0.6 is 11.6 Å². The summed E-state index contributed by atoms with van der Waals surface area (Å²) in [4.78, 5) is 11.9. The number of nitrogens with zero attached hydrogens (tertiary/aromatic N) is 1. The third-order valence-corrected chi connectivity index (χ3v) is 3.07. The minimum absolute atomic E-state index is 0.0328. The number of halogens is 1. The Hall–Kier alpha value is -2.51. The molecule has 0 heterocycles. The van der Waals surface area contributed by atoms with Crippen LogP contribution in [-0.2, 0) is 11.3 Å². The topological polar surface area (TPSA) is 76.1 Å². The fourth-order valence-corrected chi connectivity index (χ4v) is 1.77. The van der Waals surface area contributed by atoms with Crippen molar-refractivity contribution in [3.05, 3.63) is 64.2 Å². The number of nitrogen functional groups attached to an aromatic ring is 1. The van der Waals surface area contributed by atoms with Crippen molar-refractivity contribution in [2.24, 2.45) is 0 Å². The fraction of sp³-hybridized carbons (Fsp3) is 0.0667. The maximum atomic E-state index is 11.9. The number of carbonyl (C=O) groups excluding carboxylic acids is 1. The van der Waals surface area contributed by atoms with Crippen LogP contribution in [0.15, 0.2) is 42.5 Å². The van der Waals surface area contributed by atoms with Gasteiger partial charge >= 0.3 is 5.97 Å². The van der Waals surface area contributed by atoms with E-state index < -0.39 is 5.97 Å². The standard InChI is InChI=1S/C15H11ClN2O2/c16-13-6-5-10(7-14(13)18)15(19)20-9-12-4-2-1-3-11(12)8-17/h1-7H,9,18H2. The molecule has 2 N–H and O–H groups in total. The quantitative estimate of drug-likeness (QED) is 0.694. The van der Waals surface area contributed by atoms with Crippen LogP contribution in [0.3, 0.4) is 0 Å². The number of anilines is 1. The summed E-state index contributed by atoms with van der Waals surface area (Å²) in [5.41, 5.74) is 7.41. The zero-order valence-corrected chi connectivity index (χ0v) is 11.2. The number of rotatable bonds is 3. The first-order valence-electron chi connectivity index (χ1n) is 5.82. The van der Waals surface area contributed by atoms with Crippen LogP contribution < -0.4 is 5.73 Å². The molecule has 0 aliphatic carbocycles. The zero-order chi connectivity index (χ0) is 14.5. The van der Waals surface area contributed by atoms with Gasteiger partial charge in [-0.05, 0) is 24.3 Å². The van der Waals surface area contributed by atoms with Crippen LogP contribution in [-0.4, -0.2) is 5.97 Å². The van der Waals surface area contributed by atoms with Gasteiger partial charge < -0.3 is 10.5 Å². The number of carbonyl (C=O) groups is 1. The largest absolute Gasteiger partial charge is 0.457 e. The van der Waals surface area contributed by atoms with E-state index in [1.807, 2.05) is 6.07 Å². The number of hydrogen-bond acceptors (Lipinski definition) is 4. The molecule has 0 unspecified atom stereocenters. The molecule has 0 fully saturated rings. The summed E-state index contributed by atoms with van der Waals surface area (Å²) in [6.45, 7) is 0.0328. The van der Waals surface area contributed by atoms with Gasteiger partial charge in [-0.2, -0.15) is 5.26 Å². The molecular weight excluding hydrogens is 276 g/mol. The maximum absolute atomic E-state index is 11.9. The summed E-state index contributed by atoms with van der Waals surface area (Å²) < 4.78 is 5.16. The van der Waals surface area contributed by atoms with Crippen molar-refractivity contribution in [2.75, 3.05) is 5.73 Å². The van der Waals surface area contributed by atoms with Gasteiger partial charge in [0.2, 0.25) is 0 Å². The molecule has 0 saturated carbocycles. The molecule has 2 aromatic rings. The van der Waals surface area contributed by atoms with Crippen molar-refractivity contribution < 1.29 is 9.53 Å². The van der Waals surface area contributed by atoms with Crippen LogP contribution in [0.4, 0.5) is 5.69 Å². The molecule has 0 radical (unpaired) electrons. The lowest BCUT2D eigenvalue weighted by atomic mass is 10.1. The normalized spacial score (nSPS) is 9.80. The molecule has 20 heavy (non-hydrogen) atoms. The molecule has 0 atom stereocenters. The third-order valence-electron chi connectivity index (χ3n) is 2.73. The smallest absolute Gasteiger partial charge is 0.338 e. The van der Waals surface area contributed by atoms with E-state index in [1.165, 1.54) is 18.2 Å². The van der Waals surface area contributed by atoms with Crippen molar-refractivity contribution >= 4 is 23.3 Å². The molecule has 0 aliphatic rings. The Bertz CT molecular complexity index is 693. The molecule has 4 nitrogen and oxygen atoms in total. The van der Waals surface area contributed by atoms with Gasteiger partial charge in [-0.3, -0.25) is 0 Å². The van der Waals surface area contributed by atoms with Crippen LogP contribution in [0.25, 0.3) is 0 Å². The van der Waals surface area contributed by atoms with Gasteiger partial charge in [0, 0.05) is 5.56 Å². The predicted octanol–water partition coefficient (Wildman–Crippen LogP) is 3.15. The van der Waals surface area contributed by atoms with E-state index in [0.717, 1.165) is 0 Å². The SMILES string of the molecule is N#Cc1ccccc1COC(=O)c1ccc(Cl)c(N)c1. The summed E-state index contributed by atoms with van der Waals surface area (Å²) in [7, 11) is 0. The Morgan fingerprint density at radius 1 is 1.30 bits per heavy atom. The van der Waals surface area contributed by atoms with Gasteiger partial charge in [0.15, 0.2) is 0 Å². The second-order valence-electron chi connectivity index (χ2n) is 4.08. The molecule has 2 aromatic carbocycles. The van der Waals surface area contributed by atoms with Gasteiger partial charge in [-0.15, -0.1) is 0 Å². The first-order chi connectivity index (χ1) is 9.61. The first kappa shape index (κ1) is 13.9. The van der Waals surface area contributed by atoms with Crippen molar-refractivity contribution in [3.63, 3.8) is 0 Å². The Balaban J connectivity index is 2.09. The molecule has 0 aliphatic heterocycles. The van der Waals surface area contributed by atoms with E-state index in [9.17, 15) is 4.79 Å². The third kappa shape index (κ3) is 3.08. The summed E-state index contributed by atoms with van der Waals surface area (Å²) >= 11 is 5.78. The van der Waals surface area contributed by atoms with Crippen LogP contribution in [0, 0.1) is 11.3 Å². The van der Waals surface area contributed by atoms with E-state index in [4.69, 9.17) is 27.3 Å². The fourth-order valence-electron chi connectivity index (χ4n) is 1.65. The van der Waals surface area contributed by atoms with Crippen LogP contribution in [0.2, 0.25) is 5.02 Å². The second-order valence-corrected chi connectivity index (χ2v) is 4.49. The van der Waals surface area contributed by atoms with Crippen LogP contribution in [0.5, 0.6) is 0 Å². The Morgan fingerprint density at radius 2 is 2.05 bits per heavy atom. The van der Waals surface area contributed by atoms with Gasteiger partial charge in [0.1, 0.15) is 6.61 Å². The summed E-state index contributed by atoms with van der Waals surface area (Å²) in [6, 6.07) is 13.5. The monoisotopic (exact) mass is 286 g/mol. The predicted molar refractivity (Wildman–Crippen MR) is 76.1 cm³/mol. The maximum Gasteiger partial charge on any atom is 0.338 e.